The molecule has 1 saturated heterocycles. The smallest absolute Gasteiger partial charge is 0.319 e. The Kier molecular flexibility index (Phi) is 7.53. The minimum absolute atomic E-state index is 0.153. The predicted octanol–water partition coefficient (Wildman–Crippen LogP) is 6.75. The van der Waals surface area contributed by atoms with Crippen LogP contribution in [0.3, 0.4) is 0 Å². The predicted molar refractivity (Wildman–Crippen MR) is 146 cm³/mol. The second-order valence-corrected chi connectivity index (χ2v) is 12.1. The van der Waals surface area contributed by atoms with E-state index in [4.69, 9.17) is 0 Å². The summed E-state index contributed by atoms with van der Waals surface area (Å²) in [6.45, 7) is 12.5. The molecule has 3 aromatic rings. The van der Waals surface area contributed by atoms with Gasteiger partial charge in [0.15, 0.2) is 5.13 Å². The highest BCUT2D eigenvalue weighted by molar-refractivity contribution is 7.10. The first-order chi connectivity index (χ1) is 17.0. The molecule has 2 aromatic heterocycles. The molecule has 36 heavy (non-hydrogen) atoms. The number of halogens is 1. The summed E-state index contributed by atoms with van der Waals surface area (Å²) in [6, 6.07) is 16.9. The van der Waals surface area contributed by atoms with Gasteiger partial charge in [-0.15, -0.1) is 11.3 Å². The fourth-order valence-electron chi connectivity index (χ4n) is 5.34. The summed E-state index contributed by atoms with van der Waals surface area (Å²) in [6.07, 6.45) is 4.54. The van der Waals surface area contributed by atoms with Gasteiger partial charge in [0.1, 0.15) is 0 Å². The zero-order valence-corrected chi connectivity index (χ0v) is 22.7. The molecule has 0 radical (unpaired) electrons. The summed E-state index contributed by atoms with van der Waals surface area (Å²) in [5, 5.41) is 6.10. The van der Waals surface area contributed by atoms with Gasteiger partial charge in [-0.05, 0) is 96.3 Å². The van der Waals surface area contributed by atoms with Crippen molar-refractivity contribution in [1.82, 2.24) is 15.2 Å². The highest BCUT2D eigenvalue weighted by Crippen LogP contribution is 2.48. The standard InChI is InChI=1S/C29H37FN4OS/c1-21-11-12-22(19-31-21)27(2,3)34-18-17-29(20-34,16-15-24-13-14-25(30)36-24)28(4,5)33-26(35)32-23-9-7-6-8-10-23/h6-14,19H,15-18,20H2,1-5H3,(H2,32,33,35)/t29-/m1/s1. The molecule has 1 fully saturated rings. The zero-order chi connectivity index (χ0) is 26.0. The van der Waals surface area contributed by atoms with Crippen LogP contribution in [-0.4, -0.2) is 34.5 Å². The number of hydrogen-bond acceptors (Lipinski definition) is 4. The fraction of sp³-hybridized carbons (Fsp3) is 0.448. The molecule has 0 spiro atoms. The van der Waals surface area contributed by atoms with Crippen molar-refractivity contribution in [3.63, 3.8) is 0 Å². The van der Waals surface area contributed by atoms with Crippen LogP contribution in [0.1, 0.15) is 56.7 Å². The van der Waals surface area contributed by atoms with Crippen LogP contribution in [0.4, 0.5) is 14.9 Å². The second-order valence-electron chi connectivity index (χ2n) is 11.0. The number of rotatable bonds is 8. The Balaban J connectivity index is 1.57. The van der Waals surface area contributed by atoms with Crippen LogP contribution in [0.15, 0.2) is 60.8 Å². The van der Waals surface area contributed by atoms with E-state index < -0.39 is 5.54 Å². The van der Waals surface area contributed by atoms with Gasteiger partial charge in [0, 0.05) is 45.5 Å². The lowest BCUT2D eigenvalue weighted by Gasteiger charge is -2.46. The van der Waals surface area contributed by atoms with Crippen molar-refractivity contribution >= 4 is 23.1 Å². The van der Waals surface area contributed by atoms with Crippen molar-refractivity contribution in [2.24, 2.45) is 5.41 Å². The van der Waals surface area contributed by atoms with Crippen LogP contribution in [-0.2, 0) is 12.0 Å². The third kappa shape index (κ3) is 5.62. The monoisotopic (exact) mass is 508 g/mol. The number of benzene rings is 1. The molecule has 1 atom stereocenters. The van der Waals surface area contributed by atoms with E-state index in [0.717, 1.165) is 48.6 Å². The zero-order valence-electron chi connectivity index (χ0n) is 21.9. The third-order valence-electron chi connectivity index (χ3n) is 8.02. The van der Waals surface area contributed by atoms with Gasteiger partial charge >= 0.3 is 6.03 Å². The van der Waals surface area contributed by atoms with Crippen molar-refractivity contribution < 1.29 is 9.18 Å². The summed E-state index contributed by atoms with van der Waals surface area (Å²) in [5.74, 6) is 0. The van der Waals surface area contributed by atoms with Gasteiger partial charge in [0.2, 0.25) is 0 Å². The van der Waals surface area contributed by atoms with E-state index in [1.165, 1.54) is 23.0 Å². The Bertz CT molecular complexity index is 1180. The molecule has 2 N–H and O–H groups in total. The number of hydrogen-bond donors (Lipinski definition) is 2. The molecule has 1 aliphatic heterocycles. The Morgan fingerprint density at radius 2 is 1.86 bits per heavy atom. The van der Waals surface area contributed by atoms with Crippen molar-refractivity contribution in [3.05, 3.63) is 82.1 Å². The van der Waals surface area contributed by atoms with Crippen LogP contribution in [0, 0.1) is 17.5 Å². The number of carbonyl (C=O) groups is 1. The number of para-hydroxylation sites is 1. The molecule has 4 rings (SSSR count). The molecule has 0 unspecified atom stereocenters. The van der Waals surface area contributed by atoms with E-state index in [9.17, 15) is 9.18 Å². The number of carbonyl (C=O) groups excluding carboxylic acids is 1. The Labute approximate surface area is 218 Å². The molecule has 0 saturated carbocycles. The van der Waals surface area contributed by atoms with Gasteiger partial charge in [-0.25, -0.2) is 4.79 Å². The van der Waals surface area contributed by atoms with Crippen molar-refractivity contribution in [3.8, 4) is 0 Å². The first kappa shape index (κ1) is 26.3. The Morgan fingerprint density at radius 3 is 2.50 bits per heavy atom. The van der Waals surface area contributed by atoms with Crippen LogP contribution in [0.2, 0.25) is 0 Å². The van der Waals surface area contributed by atoms with Crippen molar-refractivity contribution in [2.75, 3.05) is 18.4 Å². The van der Waals surface area contributed by atoms with Crippen LogP contribution < -0.4 is 10.6 Å². The number of urea groups is 1. The maximum Gasteiger partial charge on any atom is 0.319 e. The van der Waals surface area contributed by atoms with E-state index in [2.05, 4.69) is 60.3 Å². The van der Waals surface area contributed by atoms with E-state index in [1.54, 1.807) is 0 Å². The summed E-state index contributed by atoms with van der Waals surface area (Å²) < 4.78 is 13.7. The van der Waals surface area contributed by atoms with E-state index in [1.807, 2.05) is 49.5 Å². The molecule has 192 valence electrons. The fourth-order valence-corrected chi connectivity index (χ4v) is 6.06. The van der Waals surface area contributed by atoms with Gasteiger partial charge in [-0.1, -0.05) is 24.3 Å². The normalized spacial score (nSPS) is 18.8. The molecule has 2 amide bonds. The SMILES string of the molecule is Cc1ccc(C(C)(C)N2CC[C@@](CCc3ccc(F)s3)(C(C)(C)NC(=O)Nc3ccccc3)C2)cn1. The van der Waals surface area contributed by atoms with E-state index in [0.29, 0.717) is 0 Å². The summed E-state index contributed by atoms with van der Waals surface area (Å²) in [7, 11) is 0. The first-order valence-corrected chi connectivity index (χ1v) is 13.4. The second kappa shape index (κ2) is 10.3. The van der Waals surface area contributed by atoms with E-state index in [-0.39, 0.29) is 22.1 Å². The summed E-state index contributed by atoms with van der Waals surface area (Å²) in [4.78, 5) is 21.1. The highest BCUT2D eigenvalue weighted by atomic mass is 32.1. The highest BCUT2D eigenvalue weighted by Gasteiger charge is 2.52. The number of amides is 2. The molecular formula is C29H37FN4OS. The lowest BCUT2D eigenvalue weighted by molar-refractivity contribution is 0.0794. The number of thiophene rings is 1. The maximum atomic E-state index is 13.7. The minimum Gasteiger partial charge on any atom is -0.332 e. The Morgan fingerprint density at radius 1 is 1.11 bits per heavy atom. The molecule has 1 aliphatic rings. The molecule has 5 nitrogen and oxygen atoms in total. The molecule has 7 heteroatoms. The average molecular weight is 509 g/mol. The van der Waals surface area contributed by atoms with Gasteiger partial charge in [0.05, 0.1) is 0 Å². The van der Waals surface area contributed by atoms with Gasteiger partial charge in [0.25, 0.3) is 0 Å². The number of pyridine rings is 1. The van der Waals surface area contributed by atoms with Gasteiger partial charge < -0.3 is 10.6 Å². The maximum absolute atomic E-state index is 13.7. The van der Waals surface area contributed by atoms with Gasteiger partial charge in [-0.3, -0.25) is 9.88 Å². The number of nitrogens with one attached hydrogen (secondary N) is 2. The van der Waals surface area contributed by atoms with Crippen LogP contribution in [0.5, 0.6) is 0 Å². The van der Waals surface area contributed by atoms with Crippen molar-refractivity contribution in [1.29, 1.82) is 0 Å². The molecule has 0 aliphatic carbocycles. The molecule has 3 heterocycles. The number of aryl methyl sites for hydroxylation is 2. The number of likely N-dealkylation sites (tertiary alicyclic amines) is 1. The molecule has 1 aromatic carbocycles. The van der Waals surface area contributed by atoms with Crippen LogP contribution >= 0.6 is 11.3 Å². The summed E-state index contributed by atoms with van der Waals surface area (Å²) in [5.41, 5.74) is 2.03. The van der Waals surface area contributed by atoms with Crippen molar-refractivity contribution in [2.45, 2.75) is 65.0 Å². The third-order valence-corrected chi connectivity index (χ3v) is 8.96. The minimum atomic E-state index is -0.502. The average Bonchev–Trinajstić information content (AvgIpc) is 3.46. The lowest BCUT2D eigenvalue weighted by atomic mass is 9.67. The summed E-state index contributed by atoms with van der Waals surface area (Å²) >= 11 is 1.21. The lowest BCUT2D eigenvalue weighted by Crippen LogP contribution is -2.59. The Hall–Kier alpha value is -2.77. The topological polar surface area (TPSA) is 57.3 Å². The number of aromatic nitrogens is 1. The quantitative estimate of drug-likeness (QED) is 0.354. The number of anilines is 1. The van der Waals surface area contributed by atoms with Gasteiger partial charge in [-0.2, -0.15) is 4.39 Å². The largest absolute Gasteiger partial charge is 0.332 e. The number of nitrogens with zero attached hydrogens (tertiary/aromatic N) is 2. The van der Waals surface area contributed by atoms with E-state index >= 15 is 0 Å². The first-order valence-electron chi connectivity index (χ1n) is 12.6. The van der Waals surface area contributed by atoms with Crippen LogP contribution in [0.25, 0.3) is 0 Å². The molecule has 0 bridgehead atoms. The molecular weight excluding hydrogens is 471 g/mol.